The number of benzene rings is 2. The van der Waals surface area contributed by atoms with Crippen molar-refractivity contribution < 1.29 is 9.53 Å². The molecule has 2 aromatic carbocycles. The van der Waals surface area contributed by atoms with Crippen molar-refractivity contribution in [3.63, 3.8) is 0 Å². The van der Waals surface area contributed by atoms with Crippen LogP contribution >= 0.6 is 35.0 Å². The summed E-state index contributed by atoms with van der Waals surface area (Å²) in [5.41, 5.74) is 5.03. The second kappa shape index (κ2) is 9.67. The molecular weight excluding hydrogens is 477 g/mol. The average Bonchev–Trinajstić information content (AvgIpc) is 3.23. The molecule has 1 aliphatic heterocycles. The first-order chi connectivity index (χ1) is 15.8. The van der Waals surface area contributed by atoms with Crippen molar-refractivity contribution in [2.75, 3.05) is 14.1 Å². The number of amidine groups is 1. The second-order valence-corrected chi connectivity index (χ2v) is 9.51. The first-order valence-electron chi connectivity index (χ1n) is 10.3. The lowest BCUT2D eigenvalue weighted by Crippen LogP contribution is -2.23. The fourth-order valence-electron chi connectivity index (χ4n) is 3.71. The molecule has 8 heteroatoms. The van der Waals surface area contributed by atoms with E-state index in [9.17, 15) is 4.79 Å². The third-order valence-corrected chi connectivity index (χ3v) is 7.19. The van der Waals surface area contributed by atoms with Gasteiger partial charge in [-0.1, -0.05) is 29.3 Å². The van der Waals surface area contributed by atoms with Crippen molar-refractivity contribution in [3.05, 3.63) is 86.0 Å². The molecular formula is C25H23Cl2N3O2S. The summed E-state index contributed by atoms with van der Waals surface area (Å²) in [6.07, 6.45) is 1.94. The van der Waals surface area contributed by atoms with E-state index < -0.39 is 0 Å². The van der Waals surface area contributed by atoms with Crippen LogP contribution in [0.2, 0.25) is 10.0 Å². The van der Waals surface area contributed by atoms with Gasteiger partial charge in [-0.15, -0.1) is 0 Å². The van der Waals surface area contributed by atoms with E-state index in [1.54, 1.807) is 31.1 Å². The number of carbonyl (C=O) groups is 1. The Morgan fingerprint density at radius 2 is 1.82 bits per heavy atom. The average molecular weight is 500 g/mol. The Labute approximate surface area is 207 Å². The Morgan fingerprint density at radius 1 is 1.09 bits per heavy atom. The summed E-state index contributed by atoms with van der Waals surface area (Å²) in [6.45, 7) is 4.46. The number of ether oxygens (including phenoxy) is 1. The number of hydrogen-bond donors (Lipinski definition) is 0. The number of nitrogens with zero attached hydrogens (tertiary/aromatic N) is 3. The van der Waals surface area contributed by atoms with Crippen LogP contribution in [0.15, 0.2) is 58.4 Å². The summed E-state index contributed by atoms with van der Waals surface area (Å²) in [6, 6.07) is 15.4. The number of halogens is 2. The van der Waals surface area contributed by atoms with Crippen molar-refractivity contribution in [3.8, 4) is 11.4 Å². The first-order valence-corrected chi connectivity index (χ1v) is 11.9. The number of amides is 1. The Balaban J connectivity index is 1.53. The van der Waals surface area contributed by atoms with Gasteiger partial charge in [0, 0.05) is 46.8 Å². The van der Waals surface area contributed by atoms with Gasteiger partial charge < -0.3 is 9.30 Å². The highest BCUT2D eigenvalue weighted by Gasteiger charge is 2.30. The molecule has 33 heavy (non-hydrogen) atoms. The van der Waals surface area contributed by atoms with E-state index in [0.29, 0.717) is 26.7 Å². The maximum atomic E-state index is 12.5. The molecule has 0 bridgehead atoms. The van der Waals surface area contributed by atoms with Gasteiger partial charge in [-0.2, -0.15) is 0 Å². The Bertz CT molecular complexity index is 1280. The van der Waals surface area contributed by atoms with Crippen LogP contribution in [-0.2, 0) is 11.4 Å². The highest BCUT2D eigenvalue weighted by molar-refractivity contribution is 8.18. The third kappa shape index (κ3) is 4.83. The number of rotatable bonds is 5. The molecule has 4 rings (SSSR count). The van der Waals surface area contributed by atoms with Crippen LogP contribution in [0.4, 0.5) is 0 Å². The summed E-state index contributed by atoms with van der Waals surface area (Å²) in [7, 11) is 3.44. The number of aliphatic imine (C=N–C) groups is 1. The zero-order valence-electron chi connectivity index (χ0n) is 18.7. The van der Waals surface area contributed by atoms with E-state index in [2.05, 4.69) is 29.5 Å². The van der Waals surface area contributed by atoms with Crippen LogP contribution in [0.1, 0.15) is 22.5 Å². The molecule has 0 radical (unpaired) electrons. The highest BCUT2D eigenvalue weighted by Crippen LogP contribution is 2.33. The third-order valence-electron chi connectivity index (χ3n) is 5.46. The van der Waals surface area contributed by atoms with Gasteiger partial charge in [0.2, 0.25) is 0 Å². The van der Waals surface area contributed by atoms with Gasteiger partial charge >= 0.3 is 0 Å². The molecule has 5 nitrogen and oxygen atoms in total. The van der Waals surface area contributed by atoms with Gasteiger partial charge in [0.25, 0.3) is 5.91 Å². The summed E-state index contributed by atoms with van der Waals surface area (Å²) >= 11 is 13.6. The molecule has 0 spiro atoms. The monoisotopic (exact) mass is 499 g/mol. The van der Waals surface area contributed by atoms with Crippen molar-refractivity contribution in [1.82, 2.24) is 9.47 Å². The molecule has 1 aromatic heterocycles. The number of aryl methyl sites for hydroxylation is 1. The summed E-state index contributed by atoms with van der Waals surface area (Å²) < 4.78 is 8.06. The molecule has 1 amide bonds. The standard InChI is InChI=1S/C25H23Cl2N3O2S/c1-15-11-18(12-23-24(31)29(4)25(28-3)33-23)16(2)30(15)20-7-9-21(10-8-20)32-14-17-5-6-19(26)13-22(17)27/h5-13H,14H2,1-4H3/b23-12+,28-25?. The topological polar surface area (TPSA) is 46.8 Å². The normalized spacial score (nSPS) is 16.3. The maximum absolute atomic E-state index is 12.5. The minimum atomic E-state index is -0.0345. The minimum Gasteiger partial charge on any atom is -0.489 e. The van der Waals surface area contributed by atoms with Crippen LogP contribution in [-0.4, -0.2) is 34.6 Å². The zero-order chi connectivity index (χ0) is 23.7. The van der Waals surface area contributed by atoms with Crippen molar-refractivity contribution >= 4 is 52.1 Å². The van der Waals surface area contributed by atoms with E-state index in [4.69, 9.17) is 27.9 Å². The fourth-order valence-corrected chi connectivity index (χ4v) is 5.09. The van der Waals surface area contributed by atoms with Crippen LogP contribution in [0.5, 0.6) is 5.75 Å². The van der Waals surface area contributed by atoms with Crippen molar-refractivity contribution in [2.45, 2.75) is 20.5 Å². The van der Waals surface area contributed by atoms with Gasteiger partial charge in [-0.25, -0.2) is 0 Å². The van der Waals surface area contributed by atoms with E-state index in [1.807, 2.05) is 36.4 Å². The lowest BCUT2D eigenvalue weighted by molar-refractivity contribution is -0.121. The van der Waals surface area contributed by atoms with Crippen LogP contribution < -0.4 is 4.74 Å². The maximum Gasteiger partial charge on any atom is 0.266 e. The molecule has 0 aliphatic carbocycles. The fraction of sp³-hybridized carbons (Fsp3) is 0.200. The van der Waals surface area contributed by atoms with E-state index in [0.717, 1.165) is 34.0 Å². The second-order valence-electron chi connectivity index (χ2n) is 7.66. The largest absolute Gasteiger partial charge is 0.489 e. The molecule has 1 fully saturated rings. The molecule has 0 unspecified atom stereocenters. The molecule has 2 heterocycles. The van der Waals surface area contributed by atoms with Crippen molar-refractivity contribution in [1.29, 1.82) is 0 Å². The summed E-state index contributed by atoms with van der Waals surface area (Å²) in [4.78, 5) is 18.9. The lowest BCUT2D eigenvalue weighted by atomic mass is 10.2. The molecule has 0 saturated carbocycles. The zero-order valence-corrected chi connectivity index (χ0v) is 21.1. The molecule has 0 atom stereocenters. The van der Waals surface area contributed by atoms with Gasteiger partial charge in [0.05, 0.1) is 4.91 Å². The molecule has 3 aromatic rings. The van der Waals surface area contributed by atoms with Gasteiger partial charge in [0.15, 0.2) is 5.17 Å². The smallest absolute Gasteiger partial charge is 0.266 e. The quantitative estimate of drug-likeness (QED) is 0.375. The predicted octanol–water partition coefficient (Wildman–Crippen LogP) is 6.51. The van der Waals surface area contributed by atoms with E-state index in [1.165, 1.54) is 11.8 Å². The number of likely N-dealkylation sites (N-methyl/N-ethyl adjacent to an activating group) is 1. The van der Waals surface area contributed by atoms with Gasteiger partial charge in [-0.05, 0) is 79.7 Å². The van der Waals surface area contributed by atoms with Gasteiger partial charge in [-0.3, -0.25) is 14.7 Å². The minimum absolute atomic E-state index is 0.0345. The Morgan fingerprint density at radius 3 is 2.45 bits per heavy atom. The SMILES string of the molecule is CN=C1S/C(=C/c2cc(C)n(-c3ccc(OCc4ccc(Cl)cc4Cl)cc3)c2C)C(=O)N1C. The van der Waals surface area contributed by atoms with E-state index >= 15 is 0 Å². The number of thioether (sulfide) groups is 1. The Kier molecular flexibility index (Phi) is 6.88. The van der Waals surface area contributed by atoms with Crippen LogP contribution in [0, 0.1) is 13.8 Å². The van der Waals surface area contributed by atoms with Crippen LogP contribution in [0.3, 0.4) is 0 Å². The first kappa shape index (κ1) is 23.5. The molecule has 0 N–H and O–H groups in total. The molecule has 1 aliphatic rings. The van der Waals surface area contributed by atoms with Crippen molar-refractivity contribution in [2.24, 2.45) is 4.99 Å². The van der Waals surface area contributed by atoms with Gasteiger partial charge in [0.1, 0.15) is 12.4 Å². The lowest BCUT2D eigenvalue weighted by Gasteiger charge is -2.12. The summed E-state index contributed by atoms with van der Waals surface area (Å²) in [5.74, 6) is 0.713. The number of carbonyl (C=O) groups excluding carboxylic acids is 1. The van der Waals surface area contributed by atoms with Crippen LogP contribution in [0.25, 0.3) is 11.8 Å². The molecule has 170 valence electrons. The summed E-state index contributed by atoms with van der Waals surface area (Å²) in [5, 5.41) is 1.89. The predicted molar refractivity (Wildman–Crippen MR) is 138 cm³/mol. The number of hydrogen-bond acceptors (Lipinski definition) is 4. The number of aromatic nitrogens is 1. The Hall–Kier alpha value is -2.67. The molecule has 1 saturated heterocycles. The highest BCUT2D eigenvalue weighted by atomic mass is 35.5. The van der Waals surface area contributed by atoms with E-state index in [-0.39, 0.29) is 5.91 Å².